The van der Waals surface area contributed by atoms with E-state index in [2.05, 4.69) is 5.32 Å². The summed E-state index contributed by atoms with van der Waals surface area (Å²) < 4.78 is 31.4. The summed E-state index contributed by atoms with van der Waals surface area (Å²) >= 11 is 0. The normalized spacial score (nSPS) is 12.8. The van der Waals surface area contributed by atoms with E-state index in [1.165, 1.54) is 12.1 Å². The SMILES string of the molecule is CCC(C)CC(=O)NCc1cc(B(O)O)cc(S(=O)(=O)O)c1. The van der Waals surface area contributed by atoms with Crippen molar-refractivity contribution in [2.45, 2.75) is 38.1 Å². The second kappa shape index (κ2) is 7.73. The van der Waals surface area contributed by atoms with Crippen LogP contribution in [0.2, 0.25) is 0 Å². The first kappa shape index (κ1) is 18.6. The summed E-state index contributed by atoms with van der Waals surface area (Å²) in [7, 11) is -6.36. The zero-order chi connectivity index (χ0) is 16.9. The van der Waals surface area contributed by atoms with Gasteiger partial charge in [-0.3, -0.25) is 9.35 Å². The molecule has 4 N–H and O–H groups in total. The summed E-state index contributed by atoms with van der Waals surface area (Å²) in [6.07, 6.45) is 1.22. The highest BCUT2D eigenvalue weighted by Crippen LogP contribution is 2.11. The average Bonchev–Trinajstić information content (AvgIpc) is 2.43. The number of carbonyl (C=O) groups excluding carboxylic acids is 1. The number of hydrogen-bond donors (Lipinski definition) is 4. The molecule has 1 aromatic rings. The Kier molecular flexibility index (Phi) is 6.55. The third kappa shape index (κ3) is 5.76. The number of amides is 1. The van der Waals surface area contributed by atoms with Crippen molar-refractivity contribution in [2.24, 2.45) is 5.92 Å². The molecule has 1 amide bonds. The molecule has 1 aromatic carbocycles. The van der Waals surface area contributed by atoms with E-state index in [1.807, 2.05) is 13.8 Å². The number of hydrogen-bond acceptors (Lipinski definition) is 5. The monoisotopic (exact) mass is 329 g/mol. The van der Waals surface area contributed by atoms with Gasteiger partial charge in [-0.15, -0.1) is 0 Å². The van der Waals surface area contributed by atoms with Gasteiger partial charge < -0.3 is 15.4 Å². The van der Waals surface area contributed by atoms with Crippen LogP contribution >= 0.6 is 0 Å². The summed E-state index contributed by atoms with van der Waals surface area (Å²) in [5, 5.41) is 20.9. The van der Waals surface area contributed by atoms with Gasteiger partial charge in [-0.1, -0.05) is 26.3 Å². The predicted molar refractivity (Wildman–Crippen MR) is 82.0 cm³/mol. The molecular weight excluding hydrogens is 309 g/mol. The van der Waals surface area contributed by atoms with Crippen molar-refractivity contribution >= 4 is 28.6 Å². The largest absolute Gasteiger partial charge is 0.488 e. The molecule has 9 heteroatoms. The summed E-state index contributed by atoms with van der Waals surface area (Å²) in [4.78, 5) is 11.3. The van der Waals surface area contributed by atoms with Crippen LogP contribution in [0.5, 0.6) is 0 Å². The molecule has 1 unspecified atom stereocenters. The topological polar surface area (TPSA) is 124 Å². The second-order valence-electron chi connectivity index (χ2n) is 5.25. The highest BCUT2D eigenvalue weighted by molar-refractivity contribution is 7.85. The molecule has 1 rings (SSSR count). The van der Waals surface area contributed by atoms with Crippen molar-refractivity contribution in [1.82, 2.24) is 5.32 Å². The van der Waals surface area contributed by atoms with E-state index in [4.69, 9.17) is 14.6 Å². The van der Waals surface area contributed by atoms with E-state index >= 15 is 0 Å². The van der Waals surface area contributed by atoms with Gasteiger partial charge in [0.1, 0.15) is 0 Å². The minimum atomic E-state index is -4.48. The lowest BCUT2D eigenvalue weighted by Gasteiger charge is -2.11. The van der Waals surface area contributed by atoms with Crippen LogP contribution < -0.4 is 10.8 Å². The van der Waals surface area contributed by atoms with Crippen LogP contribution in [0.25, 0.3) is 0 Å². The van der Waals surface area contributed by atoms with Gasteiger partial charge >= 0.3 is 7.12 Å². The number of rotatable bonds is 7. The first-order valence-corrected chi connectivity index (χ1v) is 8.31. The van der Waals surface area contributed by atoms with Gasteiger partial charge in [0.05, 0.1) is 4.90 Å². The molecule has 0 aliphatic rings. The minimum absolute atomic E-state index is 0.0261. The van der Waals surface area contributed by atoms with E-state index in [1.54, 1.807) is 0 Å². The van der Waals surface area contributed by atoms with Crippen LogP contribution in [0.1, 0.15) is 32.3 Å². The maximum atomic E-state index is 11.7. The van der Waals surface area contributed by atoms with Crippen molar-refractivity contribution in [3.8, 4) is 0 Å². The molecule has 0 aromatic heterocycles. The Labute approximate surface area is 130 Å². The molecule has 0 radical (unpaired) electrons. The van der Waals surface area contributed by atoms with Crippen LogP contribution in [0.15, 0.2) is 23.1 Å². The lowest BCUT2D eigenvalue weighted by atomic mass is 9.79. The molecule has 0 spiro atoms. The zero-order valence-electron chi connectivity index (χ0n) is 12.5. The van der Waals surface area contributed by atoms with E-state index in [0.29, 0.717) is 12.0 Å². The Bertz CT molecular complexity index is 631. The maximum absolute atomic E-state index is 11.7. The molecular formula is C13H20BNO6S. The molecule has 22 heavy (non-hydrogen) atoms. The van der Waals surface area contributed by atoms with Crippen LogP contribution in [0.4, 0.5) is 0 Å². The van der Waals surface area contributed by atoms with Gasteiger partial charge in [0.25, 0.3) is 10.1 Å². The fourth-order valence-electron chi connectivity index (χ4n) is 1.82. The highest BCUT2D eigenvalue weighted by Gasteiger charge is 2.18. The molecule has 122 valence electrons. The Balaban J connectivity index is 2.90. The van der Waals surface area contributed by atoms with E-state index in [-0.39, 0.29) is 23.8 Å². The van der Waals surface area contributed by atoms with Crippen molar-refractivity contribution in [1.29, 1.82) is 0 Å². The summed E-state index contributed by atoms with van der Waals surface area (Å²) in [6, 6.07) is 3.48. The number of nitrogens with one attached hydrogen (secondary N) is 1. The van der Waals surface area contributed by atoms with E-state index in [0.717, 1.165) is 12.5 Å². The van der Waals surface area contributed by atoms with E-state index in [9.17, 15) is 13.2 Å². The van der Waals surface area contributed by atoms with Gasteiger partial charge in [-0.05, 0) is 29.1 Å². The average molecular weight is 329 g/mol. The molecule has 7 nitrogen and oxygen atoms in total. The molecule has 0 heterocycles. The fraction of sp³-hybridized carbons (Fsp3) is 0.462. The van der Waals surface area contributed by atoms with Crippen molar-refractivity contribution in [3.05, 3.63) is 23.8 Å². The Morgan fingerprint density at radius 1 is 1.32 bits per heavy atom. The lowest BCUT2D eigenvalue weighted by Crippen LogP contribution is -2.32. The first-order chi connectivity index (χ1) is 10.1. The summed E-state index contributed by atoms with van der Waals surface area (Å²) in [6.45, 7) is 3.94. The molecule has 0 aliphatic heterocycles. The Hall–Kier alpha value is -1.42. The van der Waals surface area contributed by atoms with Gasteiger partial charge in [-0.25, -0.2) is 0 Å². The van der Waals surface area contributed by atoms with Gasteiger partial charge in [0.15, 0.2) is 0 Å². The van der Waals surface area contributed by atoms with Crippen LogP contribution in [0.3, 0.4) is 0 Å². The molecule has 0 fully saturated rings. The lowest BCUT2D eigenvalue weighted by molar-refractivity contribution is -0.122. The first-order valence-electron chi connectivity index (χ1n) is 6.87. The van der Waals surface area contributed by atoms with Gasteiger partial charge in [0, 0.05) is 13.0 Å². The van der Waals surface area contributed by atoms with Gasteiger partial charge in [0.2, 0.25) is 5.91 Å². The van der Waals surface area contributed by atoms with Crippen molar-refractivity contribution in [2.75, 3.05) is 0 Å². The van der Waals surface area contributed by atoms with Crippen molar-refractivity contribution in [3.63, 3.8) is 0 Å². The number of benzene rings is 1. The van der Waals surface area contributed by atoms with Crippen LogP contribution in [-0.2, 0) is 21.5 Å². The molecule has 0 aliphatic carbocycles. The highest BCUT2D eigenvalue weighted by atomic mass is 32.2. The Morgan fingerprint density at radius 2 is 1.95 bits per heavy atom. The molecule has 0 saturated carbocycles. The predicted octanol–water partition coefficient (Wildman–Crippen LogP) is -0.334. The minimum Gasteiger partial charge on any atom is -0.423 e. The van der Waals surface area contributed by atoms with Crippen LogP contribution in [-0.4, -0.2) is 36.0 Å². The molecule has 1 atom stereocenters. The van der Waals surface area contributed by atoms with Gasteiger partial charge in [-0.2, -0.15) is 8.42 Å². The van der Waals surface area contributed by atoms with E-state index < -0.39 is 22.1 Å². The molecule has 0 saturated heterocycles. The Morgan fingerprint density at radius 3 is 2.45 bits per heavy atom. The number of carbonyl (C=O) groups is 1. The maximum Gasteiger partial charge on any atom is 0.488 e. The summed E-state index contributed by atoms with van der Waals surface area (Å²) in [5.41, 5.74) is 0.261. The standard InChI is InChI=1S/C13H20BNO6S/c1-3-9(2)4-13(16)15-8-10-5-11(14(17)18)7-12(6-10)22(19,20)21/h5-7,9,17-18H,3-4,8H2,1-2H3,(H,15,16)(H,19,20,21). The third-order valence-corrected chi connectivity index (χ3v) is 4.14. The fourth-order valence-corrected chi connectivity index (χ4v) is 2.41. The summed E-state index contributed by atoms with van der Waals surface area (Å²) in [5.74, 6) is 0.0525. The second-order valence-corrected chi connectivity index (χ2v) is 6.67. The zero-order valence-corrected chi connectivity index (χ0v) is 13.3. The third-order valence-electron chi connectivity index (χ3n) is 3.31. The molecule has 0 bridgehead atoms. The smallest absolute Gasteiger partial charge is 0.423 e. The van der Waals surface area contributed by atoms with Crippen LogP contribution in [0, 0.1) is 5.92 Å². The quantitative estimate of drug-likeness (QED) is 0.401. The van der Waals surface area contributed by atoms with Crippen molar-refractivity contribution < 1.29 is 27.8 Å².